The highest BCUT2D eigenvalue weighted by Gasteiger charge is 2.44. The summed E-state index contributed by atoms with van der Waals surface area (Å²) in [7, 11) is 2.04. The Kier molecular flexibility index (Phi) is 5.27. The molecule has 4 N–H and O–H groups in total. The quantitative estimate of drug-likeness (QED) is 0.721. The Labute approximate surface area is 119 Å². The average molecular weight is 267 g/mol. The second-order valence-corrected chi connectivity index (χ2v) is 7.07. The molecule has 2 unspecified atom stereocenters. The van der Waals surface area contributed by atoms with Crippen molar-refractivity contribution in [3.8, 4) is 0 Å². The maximum atomic E-state index is 6.94. The highest BCUT2D eigenvalue weighted by molar-refractivity contribution is 5.02. The fraction of sp³-hybridized carbons (Fsp3) is 1.00. The van der Waals surface area contributed by atoms with E-state index in [9.17, 15) is 0 Å². The second-order valence-electron chi connectivity index (χ2n) is 7.07. The molecule has 0 radical (unpaired) electrons. The van der Waals surface area contributed by atoms with E-state index in [0.29, 0.717) is 11.6 Å². The van der Waals surface area contributed by atoms with Gasteiger partial charge in [-0.25, -0.2) is 0 Å². The minimum Gasteiger partial charge on any atom is -0.325 e. The summed E-state index contributed by atoms with van der Waals surface area (Å²) in [6.45, 7) is 3.52. The summed E-state index contributed by atoms with van der Waals surface area (Å²) >= 11 is 0. The lowest BCUT2D eigenvalue weighted by atomic mass is 9.62. The average Bonchev–Trinajstić information content (AvgIpc) is 2.57. The maximum Gasteiger partial charge on any atom is 0.0569 e. The summed E-state index contributed by atoms with van der Waals surface area (Å²) < 4.78 is 0. The van der Waals surface area contributed by atoms with Crippen LogP contribution in [0.25, 0.3) is 0 Å². The molecule has 0 amide bonds. The monoisotopic (exact) mass is 267 g/mol. The van der Waals surface area contributed by atoms with Crippen LogP contribution in [-0.2, 0) is 0 Å². The summed E-state index contributed by atoms with van der Waals surface area (Å²) in [6.07, 6.45) is 13.5. The van der Waals surface area contributed by atoms with E-state index in [1.807, 2.05) is 7.05 Å². The molecule has 0 aromatic carbocycles. The first-order valence-electron chi connectivity index (χ1n) is 8.29. The van der Waals surface area contributed by atoms with Gasteiger partial charge in [0.05, 0.1) is 6.17 Å². The van der Waals surface area contributed by atoms with Crippen molar-refractivity contribution in [2.24, 2.45) is 11.1 Å². The molecule has 2 fully saturated rings. The normalized spacial score (nSPS) is 37.1. The van der Waals surface area contributed by atoms with Crippen LogP contribution in [0.3, 0.4) is 0 Å². The Morgan fingerprint density at radius 2 is 1.63 bits per heavy atom. The molecule has 0 bridgehead atoms. The Bertz CT molecular complexity index is 271. The second kappa shape index (κ2) is 6.55. The molecule has 3 heteroatoms. The van der Waals surface area contributed by atoms with Gasteiger partial charge in [-0.3, -0.25) is 0 Å². The third-order valence-corrected chi connectivity index (χ3v) is 5.85. The van der Waals surface area contributed by atoms with Gasteiger partial charge in [-0.1, -0.05) is 39.0 Å². The molecule has 0 aromatic heterocycles. The molecular weight excluding hydrogens is 234 g/mol. The van der Waals surface area contributed by atoms with Crippen molar-refractivity contribution < 1.29 is 0 Å². The molecule has 2 aliphatic rings. The molecule has 112 valence electrons. The molecule has 3 nitrogen and oxygen atoms in total. The molecule has 19 heavy (non-hydrogen) atoms. The van der Waals surface area contributed by atoms with E-state index in [-0.39, 0.29) is 5.54 Å². The van der Waals surface area contributed by atoms with Crippen LogP contribution in [0.1, 0.15) is 71.1 Å². The van der Waals surface area contributed by atoms with E-state index in [1.165, 1.54) is 44.9 Å². The topological polar surface area (TPSA) is 50.1 Å². The van der Waals surface area contributed by atoms with E-state index in [4.69, 9.17) is 5.73 Å². The molecule has 1 heterocycles. The first kappa shape index (κ1) is 15.3. The fourth-order valence-corrected chi connectivity index (χ4v) is 4.13. The third kappa shape index (κ3) is 3.50. The van der Waals surface area contributed by atoms with E-state index in [2.05, 4.69) is 17.6 Å². The van der Waals surface area contributed by atoms with Crippen molar-refractivity contribution in [2.45, 2.75) is 82.8 Å². The number of rotatable bonds is 2. The van der Waals surface area contributed by atoms with Gasteiger partial charge < -0.3 is 16.4 Å². The highest BCUT2D eigenvalue weighted by atomic mass is 15.1. The molecule has 2 rings (SSSR count). The molecule has 0 aromatic rings. The van der Waals surface area contributed by atoms with E-state index >= 15 is 0 Å². The van der Waals surface area contributed by atoms with Gasteiger partial charge in [0.25, 0.3) is 0 Å². The zero-order valence-corrected chi connectivity index (χ0v) is 12.9. The molecule has 1 aliphatic heterocycles. The van der Waals surface area contributed by atoms with Crippen LogP contribution in [0.2, 0.25) is 0 Å². The van der Waals surface area contributed by atoms with Crippen LogP contribution in [0.4, 0.5) is 0 Å². The Balaban J connectivity index is 2.06. The standard InChI is InChI=1S/C16H33N3/c1-15(9-6-4-3-5-7-10-15)16(17)11-8-14(18-2)19-13-12-16/h14,18-19H,3-13,17H2,1-2H3. The smallest absolute Gasteiger partial charge is 0.0569 e. The Morgan fingerprint density at radius 1 is 1.00 bits per heavy atom. The van der Waals surface area contributed by atoms with Crippen molar-refractivity contribution in [3.05, 3.63) is 0 Å². The molecule has 1 aliphatic carbocycles. The van der Waals surface area contributed by atoms with Crippen molar-refractivity contribution in [2.75, 3.05) is 13.6 Å². The van der Waals surface area contributed by atoms with Gasteiger partial charge in [0, 0.05) is 5.54 Å². The summed E-state index contributed by atoms with van der Waals surface area (Å²) in [5, 5.41) is 6.93. The Morgan fingerprint density at radius 3 is 2.26 bits per heavy atom. The Hall–Kier alpha value is -0.120. The van der Waals surface area contributed by atoms with Gasteiger partial charge >= 0.3 is 0 Å². The molecule has 1 saturated carbocycles. The van der Waals surface area contributed by atoms with Gasteiger partial charge in [-0.15, -0.1) is 0 Å². The van der Waals surface area contributed by atoms with Gasteiger partial charge in [0.2, 0.25) is 0 Å². The molecule has 1 saturated heterocycles. The summed E-state index contributed by atoms with van der Waals surface area (Å²) in [5.41, 5.74) is 7.31. The number of hydrogen-bond acceptors (Lipinski definition) is 3. The first-order chi connectivity index (χ1) is 9.10. The van der Waals surface area contributed by atoms with Gasteiger partial charge in [-0.2, -0.15) is 0 Å². The van der Waals surface area contributed by atoms with Gasteiger partial charge in [0.1, 0.15) is 0 Å². The van der Waals surface area contributed by atoms with Crippen LogP contribution < -0.4 is 16.4 Å². The first-order valence-corrected chi connectivity index (χ1v) is 8.29. The van der Waals surface area contributed by atoms with Crippen LogP contribution in [-0.4, -0.2) is 25.3 Å². The van der Waals surface area contributed by atoms with Gasteiger partial charge in [0.15, 0.2) is 0 Å². The maximum absolute atomic E-state index is 6.94. The minimum absolute atomic E-state index is 0.0307. The molecular formula is C16H33N3. The van der Waals surface area contributed by atoms with Crippen molar-refractivity contribution in [3.63, 3.8) is 0 Å². The largest absolute Gasteiger partial charge is 0.325 e. The number of nitrogens with one attached hydrogen (secondary N) is 2. The van der Waals surface area contributed by atoms with Crippen LogP contribution >= 0.6 is 0 Å². The lowest BCUT2D eigenvalue weighted by Crippen LogP contribution is -2.54. The van der Waals surface area contributed by atoms with E-state index in [1.54, 1.807) is 0 Å². The predicted molar refractivity (Wildman–Crippen MR) is 82.0 cm³/mol. The van der Waals surface area contributed by atoms with Crippen LogP contribution in [0.15, 0.2) is 0 Å². The zero-order valence-electron chi connectivity index (χ0n) is 12.9. The lowest BCUT2D eigenvalue weighted by molar-refractivity contribution is 0.0873. The third-order valence-electron chi connectivity index (χ3n) is 5.85. The SMILES string of the molecule is CNC1CCC(N)(C2(C)CCCCCCC2)CCN1. The highest BCUT2D eigenvalue weighted by Crippen LogP contribution is 2.45. The van der Waals surface area contributed by atoms with Crippen molar-refractivity contribution in [1.82, 2.24) is 10.6 Å². The zero-order chi connectivity index (χ0) is 13.8. The number of hydrogen-bond donors (Lipinski definition) is 3. The van der Waals surface area contributed by atoms with Crippen molar-refractivity contribution in [1.29, 1.82) is 0 Å². The summed E-state index contributed by atoms with van der Waals surface area (Å²) in [5.74, 6) is 0. The summed E-state index contributed by atoms with van der Waals surface area (Å²) in [4.78, 5) is 0. The van der Waals surface area contributed by atoms with E-state index < -0.39 is 0 Å². The predicted octanol–water partition coefficient (Wildman–Crippen LogP) is 2.75. The van der Waals surface area contributed by atoms with Gasteiger partial charge in [-0.05, 0) is 51.1 Å². The van der Waals surface area contributed by atoms with Crippen molar-refractivity contribution >= 4 is 0 Å². The summed E-state index contributed by atoms with van der Waals surface area (Å²) in [6, 6.07) is 0. The van der Waals surface area contributed by atoms with Crippen LogP contribution in [0.5, 0.6) is 0 Å². The molecule has 0 spiro atoms. The fourth-order valence-electron chi connectivity index (χ4n) is 4.13. The minimum atomic E-state index is 0.0307. The van der Waals surface area contributed by atoms with Crippen LogP contribution in [0, 0.1) is 5.41 Å². The number of nitrogens with two attached hydrogens (primary N) is 1. The molecule has 2 atom stereocenters. The lowest BCUT2D eigenvalue weighted by Gasteiger charge is -2.47. The van der Waals surface area contributed by atoms with E-state index in [0.717, 1.165) is 25.8 Å².